The van der Waals surface area contributed by atoms with E-state index in [1.165, 1.54) is 0 Å². The number of hydrogen-bond donors (Lipinski definition) is 3. The third kappa shape index (κ3) is 1.45. The number of rotatable bonds is 1. The quantitative estimate of drug-likeness (QED) is 0.380. The standard InChI is InChI=1S/C8H3Cl4N3O/c9-3-1-2(4(10)6(12)5(3)11)8(16)14-7(1)15-13/h13-14,16H. The van der Waals surface area contributed by atoms with Crippen molar-refractivity contribution in [2.75, 3.05) is 0 Å². The Bertz CT molecular complexity index is 607. The fourth-order valence-electron chi connectivity index (χ4n) is 1.40. The normalized spacial score (nSPS) is 11.0. The van der Waals surface area contributed by atoms with Crippen LogP contribution in [0.25, 0.3) is 10.8 Å². The van der Waals surface area contributed by atoms with E-state index in [0.29, 0.717) is 0 Å². The largest absolute Gasteiger partial charge is 0.494 e. The highest BCUT2D eigenvalue weighted by molar-refractivity contribution is 6.56. The van der Waals surface area contributed by atoms with Crippen LogP contribution in [0.2, 0.25) is 20.1 Å². The number of H-pyrrole nitrogens is 1. The molecule has 84 valence electrons. The number of hydrogen-bond acceptors (Lipinski definition) is 3. The molecule has 1 aromatic heterocycles. The summed E-state index contributed by atoms with van der Waals surface area (Å²) in [6, 6.07) is 0. The molecule has 2 rings (SSSR count). The molecule has 0 amide bonds. The van der Waals surface area contributed by atoms with Crippen molar-refractivity contribution in [2.45, 2.75) is 0 Å². The Balaban J connectivity index is 3.10. The predicted octanol–water partition coefficient (Wildman–Crippen LogP) is 5.15. The van der Waals surface area contributed by atoms with Gasteiger partial charge in [-0.05, 0) is 0 Å². The Labute approximate surface area is 110 Å². The van der Waals surface area contributed by atoms with Crippen molar-refractivity contribution in [2.24, 2.45) is 5.11 Å². The number of aromatic nitrogens is 1. The van der Waals surface area contributed by atoms with Crippen molar-refractivity contribution in [3.8, 4) is 5.88 Å². The molecule has 0 bridgehead atoms. The molecule has 2 aromatic rings. The van der Waals surface area contributed by atoms with E-state index >= 15 is 0 Å². The van der Waals surface area contributed by atoms with Gasteiger partial charge in [0.15, 0.2) is 11.7 Å². The van der Waals surface area contributed by atoms with Crippen LogP contribution in [0.5, 0.6) is 5.88 Å². The maximum atomic E-state index is 9.60. The zero-order valence-corrected chi connectivity index (χ0v) is 10.4. The third-order valence-electron chi connectivity index (χ3n) is 2.09. The Morgan fingerprint density at radius 1 is 0.938 bits per heavy atom. The molecule has 0 saturated carbocycles. The molecular weight excluding hydrogens is 296 g/mol. The SMILES string of the molecule is N=Nc1[nH]c(O)c2c(Cl)c(Cl)c(Cl)c(Cl)c12. The molecule has 4 nitrogen and oxygen atoms in total. The minimum Gasteiger partial charge on any atom is -0.494 e. The van der Waals surface area contributed by atoms with Gasteiger partial charge in [-0.1, -0.05) is 46.4 Å². The first kappa shape index (κ1) is 11.8. The van der Waals surface area contributed by atoms with Crippen molar-refractivity contribution >= 4 is 63.0 Å². The average Bonchev–Trinajstić information content (AvgIpc) is 2.60. The lowest BCUT2D eigenvalue weighted by atomic mass is 10.2. The summed E-state index contributed by atoms with van der Waals surface area (Å²) >= 11 is 23.6. The number of halogens is 4. The predicted molar refractivity (Wildman–Crippen MR) is 64.8 cm³/mol. The molecule has 16 heavy (non-hydrogen) atoms. The zero-order chi connectivity index (χ0) is 12.0. The highest BCUT2D eigenvalue weighted by Crippen LogP contribution is 2.49. The molecule has 3 N–H and O–H groups in total. The molecule has 0 unspecified atom stereocenters. The van der Waals surface area contributed by atoms with E-state index in [2.05, 4.69) is 10.1 Å². The van der Waals surface area contributed by atoms with Crippen LogP contribution in [0.15, 0.2) is 5.11 Å². The van der Waals surface area contributed by atoms with Gasteiger partial charge >= 0.3 is 0 Å². The smallest absolute Gasteiger partial charge is 0.199 e. The van der Waals surface area contributed by atoms with Crippen LogP contribution < -0.4 is 0 Å². The van der Waals surface area contributed by atoms with Crippen molar-refractivity contribution in [1.82, 2.24) is 4.98 Å². The zero-order valence-electron chi connectivity index (χ0n) is 7.41. The van der Waals surface area contributed by atoms with E-state index in [1.54, 1.807) is 0 Å². The number of benzene rings is 1. The van der Waals surface area contributed by atoms with E-state index in [-0.39, 0.29) is 42.6 Å². The summed E-state index contributed by atoms with van der Waals surface area (Å²) in [5.41, 5.74) is 6.94. The highest BCUT2D eigenvalue weighted by atomic mass is 35.5. The molecule has 1 aromatic carbocycles. The second-order valence-electron chi connectivity index (χ2n) is 2.94. The minimum absolute atomic E-state index is 0.0478. The lowest BCUT2D eigenvalue weighted by Crippen LogP contribution is -1.78. The van der Waals surface area contributed by atoms with E-state index < -0.39 is 0 Å². The van der Waals surface area contributed by atoms with Crippen molar-refractivity contribution in [1.29, 1.82) is 5.53 Å². The van der Waals surface area contributed by atoms with E-state index in [0.717, 1.165) is 0 Å². The van der Waals surface area contributed by atoms with Gasteiger partial charge in [0, 0.05) is 0 Å². The van der Waals surface area contributed by atoms with Gasteiger partial charge in [0.2, 0.25) is 0 Å². The Kier molecular flexibility index (Phi) is 2.92. The van der Waals surface area contributed by atoms with Gasteiger partial charge in [0.05, 0.1) is 30.9 Å². The minimum atomic E-state index is -0.258. The Hall–Kier alpha value is -0.680. The summed E-state index contributed by atoms with van der Waals surface area (Å²) in [6.07, 6.45) is 0. The monoisotopic (exact) mass is 297 g/mol. The number of nitrogens with one attached hydrogen (secondary N) is 2. The topological polar surface area (TPSA) is 72.2 Å². The van der Waals surface area contributed by atoms with Gasteiger partial charge in [0.25, 0.3) is 0 Å². The summed E-state index contributed by atoms with van der Waals surface area (Å²) in [5.74, 6) is -0.190. The molecule has 0 atom stereocenters. The fourth-order valence-corrected chi connectivity index (χ4v) is 2.43. The van der Waals surface area contributed by atoms with Crippen LogP contribution in [0, 0.1) is 5.53 Å². The number of nitrogens with zero attached hydrogens (tertiary/aromatic N) is 1. The number of fused-ring (bicyclic) bond motifs is 1. The van der Waals surface area contributed by atoms with E-state index in [9.17, 15) is 5.11 Å². The van der Waals surface area contributed by atoms with Gasteiger partial charge in [-0.2, -0.15) is 0 Å². The second-order valence-corrected chi connectivity index (χ2v) is 4.45. The summed E-state index contributed by atoms with van der Waals surface area (Å²) in [6.45, 7) is 0. The first-order valence-electron chi connectivity index (χ1n) is 3.93. The molecular formula is C8H3Cl4N3O. The fraction of sp³-hybridized carbons (Fsp3) is 0. The summed E-state index contributed by atoms with van der Waals surface area (Å²) in [5, 5.41) is 13.5. The summed E-state index contributed by atoms with van der Waals surface area (Å²) < 4.78 is 0. The molecule has 0 aliphatic carbocycles. The molecule has 0 aliphatic heterocycles. The van der Waals surface area contributed by atoms with Gasteiger partial charge in [0.1, 0.15) is 0 Å². The van der Waals surface area contributed by atoms with Crippen LogP contribution in [0.1, 0.15) is 0 Å². The van der Waals surface area contributed by atoms with Crippen molar-refractivity contribution in [3.05, 3.63) is 20.1 Å². The van der Waals surface area contributed by atoms with Gasteiger partial charge < -0.3 is 10.1 Å². The van der Waals surface area contributed by atoms with Crippen molar-refractivity contribution in [3.63, 3.8) is 0 Å². The molecule has 0 aliphatic rings. The molecule has 0 fully saturated rings. The first-order chi connectivity index (χ1) is 7.49. The molecule has 0 saturated heterocycles. The number of aromatic hydroxyl groups is 1. The summed E-state index contributed by atoms with van der Waals surface area (Å²) in [7, 11) is 0. The lowest BCUT2D eigenvalue weighted by molar-refractivity contribution is 0.463. The van der Waals surface area contributed by atoms with Crippen LogP contribution in [-0.2, 0) is 0 Å². The highest BCUT2D eigenvalue weighted by Gasteiger charge is 2.22. The van der Waals surface area contributed by atoms with E-state index in [1.807, 2.05) is 0 Å². The maximum absolute atomic E-state index is 9.60. The molecule has 0 radical (unpaired) electrons. The molecule has 8 heteroatoms. The van der Waals surface area contributed by atoms with Gasteiger partial charge in [-0.3, -0.25) is 0 Å². The van der Waals surface area contributed by atoms with Gasteiger partial charge in [-0.25, -0.2) is 5.53 Å². The van der Waals surface area contributed by atoms with Crippen LogP contribution in [0.4, 0.5) is 5.82 Å². The first-order valence-corrected chi connectivity index (χ1v) is 5.44. The van der Waals surface area contributed by atoms with E-state index in [4.69, 9.17) is 51.9 Å². The third-order valence-corrected chi connectivity index (χ3v) is 3.89. The Morgan fingerprint density at radius 3 is 1.94 bits per heavy atom. The Morgan fingerprint density at radius 2 is 1.44 bits per heavy atom. The molecule has 1 heterocycles. The van der Waals surface area contributed by atoms with Gasteiger partial charge in [-0.15, -0.1) is 5.11 Å². The van der Waals surface area contributed by atoms with Crippen LogP contribution >= 0.6 is 46.4 Å². The molecule has 0 spiro atoms. The lowest BCUT2D eigenvalue weighted by Gasteiger charge is -2.04. The van der Waals surface area contributed by atoms with Crippen molar-refractivity contribution < 1.29 is 5.11 Å². The summed E-state index contributed by atoms with van der Waals surface area (Å²) in [4.78, 5) is 2.45. The van der Waals surface area contributed by atoms with Crippen LogP contribution in [-0.4, -0.2) is 10.1 Å². The average molecular weight is 299 g/mol. The maximum Gasteiger partial charge on any atom is 0.199 e. The second kappa shape index (κ2) is 3.96. The van der Waals surface area contributed by atoms with Crippen LogP contribution in [0.3, 0.4) is 0 Å². The number of aromatic amines is 1.